The molecule has 0 fully saturated rings. The van der Waals surface area contributed by atoms with Crippen molar-refractivity contribution in [1.82, 2.24) is 20.3 Å². The summed E-state index contributed by atoms with van der Waals surface area (Å²) in [5.41, 5.74) is 8.67. The summed E-state index contributed by atoms with van der Waals surface area (Å²) in [4.78, 5) is 25.8. The number of aromatic nitrogens is 3. The lowest BCUT2D eigenvalue weighted by Gasteiger charge is -2.17. The molecule has 0 radical (unpaired) electrons. The van der Waals surface area contributed by atoms with Crippen LogP contribution in [0.4, 0.5) is 0 Å². The highest BCUT2D eigenvalue weighted by molar-refractivity contribution is 6.06. The van der Waals surface area contributed by atoms with Crippen molar-refractivity contribution in [3.05, 3.63) is 120 Å². The van der Waals surface area contributed by atoms with Gasteiger partial charge in [-0.3, -0.25) is 4.79 Å². The molecule has 1 aliphatic carbocycles. The van der Waals surface area contributed by atoms with E-state index < -0.39 is 0 Å². The largest absolute Gasteiger partial charge is 0.346 e. The van der Waals surface area contributed by atoms with E-state index in [0.29, 0.717) is 11.2 Å². The highest BCUT2D eigenvalue weighted by Gasteiger charge is 2.32. The molecular formula is C30H20N4O. The normalized spacial score (nSPS) is 14.1. The number of aromatic amines is 1. The molecule has 2 N–H and O–H groups in total. The molecule has 3 aromatic carbocycles. The van der Waals surface area contributed by atoms with Gasteiger partial charge in [-0.2, -0.15) is 0 Å². The number of nitrogens with zero attached hydrogens (tertiary/aromatic N) is 2. The quantitative estimate of drug-likeness (QED) is 0.332. The Bertz CT molecular complexity index is 1770. The molecule has 3 aromatic heterocycles. The van der Waals surface area contributed by atoms with Crippen LogP contribution in [-0.4, -0.2) is 20.9 Å². The van der Waals surface area contributed by atoms with Gasteiger partial charge < -0.3 is 10.3 Å². The fraction of sp³-hybridized carbons (Fsp3) is 0.0333. The molecule has 7 rings (SSSR count). The standard InChI is InChI=1S/C30H20N4O/c35-30(22-15-17-32-29-21(22)14-16-31-29)34-28-20-8-3-2-7-19(20)27-23(9-5-10-24(27)28)26-13-12-18-6-1-4-11-25(18)33-26/h1-17,28H,(H,31,32)(H,34,35). The summed E-state index contributed by atoms with van der Waals surface area (Å²) in [6.07, 6.45) is 3.46. The first-order valence-corrected chi connectivity index (χ1v) is 11.6. The number of benzene rings is 3. The predicted octanol–water partition coefficient (Wildman–Crippen LogP) is 6.28. The molecule has 1 unspecified atom stereocenters. The van der Waals surface area contributed by atoms with Gasteiger partial charge in [0.25, 0.3) is 5.91 Å². The van der Waals surface area contributed by atoms with Crippen LogP contribution in [0.25, 0.3) is 44.3 Å². The van der Waals surface area contributed by atoms with Crippen molar-refractivity contribution >= 4 is 27.8 Å². The number of amides is 1. The van der Waals surface area contributed by atoms with E-state index in [1.807, 2.05) is 42.5 Å². The second kappa shape index (κ2) is 7.64. The van der Waals surface area contributed by atoms with Crippen LogP contribution in [0.3, 0.4) is 0 Å². The van der Waals surface area contributed by atoms with E-state index in [9.17, 15) is 4.79 Å². The zero-order valence-electron chi connectivity index (χ0n) is 18.7. The zero-order chi connectivity index (χ0) is 23.4. The maximum Gasteiger partial charge on any atom is 0.252 e. The predicted molar refractivity (Wildman–Crippen MR) is 138 cm³/mol. The van der Waals surface area contributed by atoms with Crippen molar-refractivity contribution in [1.29, 1.82) is 0 Å². The minimum Gasteiger partial charge on any atom is -0.346 e. The van der Waals surface area contributed by atoms with E-state index in [0.717, 1.165) is 49.8 Å². The average molecular weight is 453 g/mol. The van der Waals surface area contributed by atoms with Crippen molar-refractivity contribution in [2.75, 3.05) is 0 Å². The summed E-state index contributed by atoms with van der Waals surface area (Å²) in [5.74, 6) is -0.126. The second-order valence-corrected chi connectivity index (χ2v) is 8.75. The number of carbonyl (C=O) groups excluding carboxylic acids is 1. The van der Waals surface area contributed by atoms with Gasteiger partial charge >= 0.3 is 0 Å². The van der Waals surface area contributed by atoms with E-state index in [1.165, 1.54) is 0 Å². The molecule has 0 spiro atoms. The molecule has 1 atom stereocenters. The third-order valence-corrected chi connectivity index (χ3v) is 6.80. The van der Waals surface area contributed by atoms with Crippen LogP contribution in [0.5, 0.6) is 0 Å². The van der Waals surface area contributed by atoms with Gasteiger partial charge in [-0.25, -0.2) is 9.97 Å². The third-order valence-electron chi connectivity index (χ3n) is 6.80. The summed E-state index contributed by atoms with van der Waals surface area (Å²) in [6.45, 7) is 0. The third kappa shape index (κ3) is 3.05. The van der Waals surface area contributed by atoms with Crippen LogP contribution in [0.15, 0.2) is 103 Å². The Kier molecular flexibility index (Phi) is 4.29. The Morgan fingerprint density at radius 2 is 1.63 bits per heavy atom. The molecule has 5 nitrogen and oxygen atoms in total. The van der Waals surface area contributed by atoms with Crippen LogP contribution in [0.2, 0.25) is 0 Å². The van der Waals surface area contributed by atoms with Gasteiger partial charge in [0.05, 0.1) is 22.8 Å². The van der Waals surface area contributed by atoms with Gasteiger partial charge in [0.1, 0.15) is 5.65 Å². The summed E-state index contributed by atoms with van der Waals surface area (Å²) in [5, 5.41) is 5.22. The van der Waals surface area contributed by atoms with E-state index in [2.05, 4.69) is 57.7 Å². The van der Waals surface area contributed by atoms with Crippen molar-refractivity contribution in [3.8, 4) is 22.4 Å². The lowest BCUT2D eigenvalue weighted by molar-refractivity contribution is 0.0945. The van der Waals surface area contributed by atoms with E-state index in [-0.39, 0.29) is 11.9 Å². The first-order valence-electron chi connectivity index (χ1n) is 11.6. The molecule has 0 saturated heterocycles. The minimum atomic E-state index is -0.253. The first kappa shape index (κ1) is 19.7. The Hall–Kier alpha value is -4.77. The first-order chi connectivity index (χ1) is 17.3. The zero-order valence-corrected chi connectivity index (χ0v) is 18.7. The van der Waals surface area contributed by atoms with E-state index in [1.54, 1.807) is 18.5 Å². The van der Waals surface area contributed by atoms with Gasteiger partial charge in [-0.05, 0) is 46.5 Å². The van der Waals surface area contributed by atoms with Gasteiger partial charge in [-0.15, -0.1) is 0 Å². The molecule has 6 aromatic rings. The molecule has 3 heterocycles. The van der Waals surface area contributed by atoms with Crippen LogP contribution < -0.4 is 5.32 Å². The number of pyridine rings is 2. The molecule has 35 heavy (non-hydrogen) atoms. The second-order valence-electron chi connectivity index (χ2n) is 8.75. The number of hydrogen-bond acceptors (Lipinski definition) is 3. The molecule has 1 amide bonds. The maximum atomic E-state index is 13.5. The van der Waals surface area contributed by atoms with Crippen LogP contribution in [-0.2, 0) is 0 Å². The van der Waals surface area contributed by atoms with Crippen molar-refractivity contribution in [3.63, 3.8) is 0 Å². The van der Waals surface area contributed by atoms with Gasteiger partial charge in [0.2, 0.25) is 0 Å². The minimum absolute atomic E-state index is 0.126. The molecule has 0 saturated carbocycles. The molecule has 0 bridgehead atoms. The molecule has 1 aliphatic rings. The number of rotatable bonds is 3. The fourth-order valence-corrected chi connectivity index (χ4v) is 5.21. The number of fused-ring (bicyclic) bond motifs is 5. The van der Waals surface area contributed by atoms with E-state index in [4.69, 9.17) is 4.98 Å². The SMILES string of the molecule is O=C(NC1c2ccccc2-c2c(-c3ccc4ccccc4n3)cccc21)c1ccnc2[nH]ccc12. The highest BCUT2D eigenvalue weighted by atomic mass is 16.1. The van der Waals surface area contributed by atoms with Gasteiger partial charge in [0.15, 0.2) is 0 Å². The maximum absolute atomic E-state index is 13.5. The fourth-order valence-electron chi connectivity index (χ4n) is 5.21. The average Bonchev–Trinajstić information content (AvgIpc) is 3.51. The summed E-state index contributed by atoms with van der Waals surface area (Å²) < 4.78 is 0. The number of carbonyl (C=O) groups is 1. The Balaban J connectivity index is 1.36. The number of hydrogen-bond donors (Lipinski definition) is 2. The van der Waals surface area contributed by atoms with Crippen LogP contribution in [0.1, 0.15) is 27.5 Å². The van der Waals surface area contributed by atoms with Gasteiger partial charge in [-0.1, -0.05) is 66.7 Å². The number of para-hydroxylation sites is 1. The monoisotopic (exact) mass is 452 g/mol. The Morgan fingerprint density at radius 1 is 0.800 bits per heavy atom. The highest BCUT2D eigenvalue weighted by Crippen LogP contribution is 2.47. The molecule has 166 valence electrons. The van der Waals surface area contributed by atoms with Crippen molar-refractivity contribution in [2.24, 2.45) is 0 Å². The summed E-state index contributed by atoms with van der Waals surface area (Å²) >= 11 is 0. The van der Waals surface area contributed by atoms with Crippen LogP contribution >= 0.6 is 0 Å². The Morgan fingerprint density at radius 3 is 2.60 bits per heavy atom. The van der Waals surface area contributed by atoms with Crippen molar-refractivity contribution in [2.45, 2.75) is 6.04 Å². The molecular weight excluding hydrogens is 432 g/mol. The topological polar surface area (TPSA) is 70.7 Å². The van der Waals surface area contributed by atoms with Crippen LogP contribution in [0, 0.1) is 0 Å². The summed E-state index contributed by atoms with van der Waals surface area (Å²) in [6, 6.07) is 30.3. The van der Waals surface area contributed by atoms with Crippen molar-refractivity contribution < 1.29 is 4.79 Å². The molecule has 0 aliphatic heterocycles. The summed E-state index contributed by atoms with van der Waals surface area (Å²) in [7, 11) is 0. The lowest BCUT2D eigenvalue weighted by atomic mass is 9.96. The van der Waals surface area contributed by atoms with E-state index >= 15 is 0 Å². The smallest absolute Gasteiger partial charge is 0.252 e. The number of nitrogens with one attached hydrogen (secondary N) is 2. The number of H-pyrrole nitrogens is 1. The molecule has 5 heteroatoms. The lowest BCUT2D eigenvalue weighted by Crippen LogP contribution is -2.28. The van der Waals surface area contributed by atoms with Gasteiger partial charge in [0, 0.05) is 28.7 Å². The Labute approximate surface area is 201 Å².